The van der Waals surface area contributed by atoms with Gasteiger partial charge in [-0.1, -0.05) is 41.7 Å². The smallest absolute Gasteiger partial charge is 0.234 e. The number of nitrogens with zero attached hydrogens (tertiary/aromatic N) is 1. The van der Waals surface area contributed by atoms with Gasteiger partial charge in [0.05, 0.1) is 15.9 Å². The second-order valence-corrected chi connectivity index (χ2v) is 6.50. The number of anilines is 1. The number of nitrogens with one attached hydrogen (secondary N) is 1. The molecule has 1 atom stereocenters. The molecule has 0 fully saturated rings. The summed E-state index contributed by atoms with van der Waals surface area (Å²) in [5, 5.41) is 3.18. The number of amides is 2. The van der Waals surface area contributed by atoms with Crippen LogP contribution in [0.15, 0.2) is 40.3 Å². The van der Waals surface area contributed by atoms with Crippen molar-refractivity contribution in [3.8, 4) is 0 Å². The molecule has 1 aromatic carbocycles. The van der Waals surface area contributed by atoms with Gasteiger partial charge < -0.3 is 11.1 Å². The van der Waals surface area contributed by atoms with Gasteiger partial charge in [0, 0.05) is 6.42 Å². The lowest BCUT2D eigenvalue weighted by molar-refractivity contribution is -0.123. The van der Waals surface area contributed by atoms with E-state index in [1.165, 1.54) is 11.3 Å². The number of benzene rings is 1. The van der Waals surface area contributed by atoms with Crippen molar-refractivity contribution in [3.63, 3.8) is 0 Å². The molecular weight excluding hydrogens is 342 g/mol. The number of aromatic nitrogens is 1. The van der Waals surface area contributed by atoms with Crippen molar-refractivity contribution < 1.29 is 9.59 Å². The molecule has 0 aliphatic heterocycles. The normalized spacial score (nSPS) is 11.8. The zero-order valence-corrected chi connectivity index (χ0v) is 12.8. The molecule has 0 saturated carbocycles. The molecule has 0 aliphatic carbocycles. The third-order valence-electron chi connectivity index (χ3n) is 2.63. The molecule has 2 aromatic rings. The summed E-state index contributed by atoms with van der Waals surface area (Å²) in [4.78, 5) is 27.5. The van der Waals surface area contributed by atoms with E-state index in [1.807, 2.05) is 18.2 Å². The van der Waals surface area contributed by atoms with Crippen molar-refractivity contribution in [1.29, 1.82) is 0 Å². The zero-order valence-electron chi connectivity index (χ0n) is 10.4. The maximum atomic E-state index is 12.3. The largest absolute Gasteiger partial charge is 0.370 e. The highest BCUT2D eigenvalue weighted by Gasteiger charge is 2.23. The van der Waals surface area contributed by atoms with Crippen molar-refractivity contribution in [1.82, 2.24) is 4.98 Å². The first-order chi connectivity index (χ1) is 9.56. The standard InChI is InChI=1S/C13H12BrN3O2S/c14-10-7-16-13(20-10)17-12(19)9(6-11(15)18)8-4-2-1-3-5-8/h1-5,7,9H,6H2,(H2,15,18)(H,16,17,19)/t9-/m1/s1. The van der Waals surface area contributed by atoms with Crippen molar-refractivity contribution in [2.24, 2.45) is 5.73 Å². The molecule has 1 heterocycles. The van der Waals surface area contributed by atoms with Gasteiger partial charge in [-0.2, -0.15) is 0 Å². The van der Waals surface area contributed by atoms with Crippen LogP contribution in [0.25, 0.3) is 0 Å². The lowest BCUT2D eigenvalue weighted by Gasteiger charge is -2.14. The molecular formula is C13H12BrN3O2S. The van der Waals surface area contributed by atoms with Crippen molar-refractivity contribution >= 4 is 44.2 Å². The topological polar surface area (TPSA) is 85.1 Å². The van der Waals surface area contributed by atoms with E-state index >= 15 is 0 Å². The fourth-order valence-electron chi connectivity index (χ4n) is 1.75. The Morgan fingerprint density at radius 1 is 1.35 bits per heavy atom. The van der Waals surface area contributed by atoms with Crippen LogP contribution in [0.5, 0.6) is 0 Å². The van der Waals surface area contributed by atoms with Crippen molar-refractivity contribution in [2.45, 2.75) is 12.3 Å². The molecule has 20 heavy (non-hydrogen) atoms. The Morgan fingerprint density at radius 3 is 2.60 bits per heavy atom. The SMILES string of the molecule is NC(=O)C[C@@H](C(=O)Nc1ncc(Br)s1)c1ccccc1. The first-order valence-electron chi connectivity index (χ1n) is 5.81. The average molecular weight is 354 g/mol. The molecule has 0 unspecified atom stereocenters. The van der Waals surface area contributed by atoms with Gasteiger partial charge in [-0.3, -0.25) is 9.59 Å². The maximum Gasteiger partial charge on any atom is 0.234 e. The third kappa shape index (κ3) is 3.88. The predicted octanol–water partition coefficient (Wildman–Crippen LogP) is 2.50. The number of carbonyl (C=O) groups excluding carboxylic acids is 2. The predicted molar refractivity (Wildman–Crippen MR) is 81.4 cm³/mol. The van der Waals surface area contributed by atoms with Crippen LogP contribution >= 0.6 is 27.3 Å². The zero-order chi connectivity index (χ0) is 14.5. The Kier molecular flexibility index (Phi) is 4.86. The second-order valence-electron chi connectivity index (χ2n) is 4.09. The maximum absolute atomic E-state index is 12.3. The molecule has 3 N–H and O–H groups in total. The molecule has 0 bridgehead atoms. The van der Waals surface area contributed by atoms with Gasteiger partial charge in [-0.15, -0.1) is 0 Å². The number of hydrogen-bond donors (Lipinski definition) is 2. The van der Waals surface area contributed by atoms with Crippen LogP contribution in [0, 0.1) is 0 Å². The summed E-state index contributed by atoms with van der Waals surface area (Å²) >= 11 is 4.58. The molecule has 1 aromatic heterocycles. The van der Waals surface area contributed by atoms with E-state index in [0.717, 1.165) is 9.35 Å². The monoisotopic (exact) mass is 353 g/mol. The minimum Gasteiger partial charge on any atom is -0.370 e. The van der Waals surface area contributed by atoms with Gasteiger partial charge in [-0.25, -0.2) is 4.98 Å². The van der Waals surface area contributed by atoms with Crippen LogP contribution < -0.4 is 11.1 Å². The summed E-state index contributed by atoms with van der Waals surface area (Å²) in [5.41, 5.74) is 5.98. The summed E-state index contributed by atoms with van der Waals surface area (Å²) in [7, 11) is 0. The van der Waals surface area contributed by atoms with Gasteiger partial charge in [-0.05, 0) is 21.5 Å². The molecule has 0 saturated heterocycles. The van der Waals surface area contributed by atoms with E-state index in [4.69, 9.17) is 5.73 Å². The van der Waals surface area contributed by atoms with Crippen LogP contribution in [0.1, 0.15) is 17.9 Å². The number of nitrogens with two attached hydrogens (primary N) is 1. The van der Waals surface area contributed by atoms with E-state index in [0.29, 0.717) is 5.13 Å². The first-order valence-corrected chi connectivity index (χ1v) is 7.42. The first kappa shape index (κ1) is 14.7. The van der Waals surface area contributed by atoms with Gasteiger partial charge in [0.15, 0.2) is 5.13 Å². The fraction of sp³-hybridized carbons (Fsp3) is 0.154. The number of halogens is 1. The van der Waals surface area contributed by atoms with E-state index < -0.39 is 11.8 Å². The molecule has 2 amide bonds. The number of thiazole rings is 1. The highest BCUT2D eigenvalue weighted by molar-refractivity contribution is 9.11. The van der Waals surface area contributed by atoms with Gasteiger partial charge in [0.25, 0.3) is 0 Å². The number of carbonyl (C=O) groups is 2. The fourth-order valence-corrected chi connectivity index (χ4v) is 2.86. The van der Waals surface area contributed by atoms with E-state index in [1.54, 1.807) is 18.3 Å². The Balaban J connectivity index is 2.18. The van der Waals surface area contributed by atoms with Crippen LogP contribution in [0.4, 0.5) is 5.13 Å². The molecule has 0 aliphatic rings. The number of hydrogen-bond acceptors (Lipinski definition) is 4. The Labute approximate surface area is 128 Å². The van der Waals surface area contributed by atoms with Crippen molar-refractivity contribution in [3.05, 3.63) is 45.9 Å². The van der Waals surface area contributed by atoms with Gasteiger partial charge >= 0.3 is 0 Å². The average Bonchev–Trinajstić information content (AvgIpc) is 2.82. The van der Waals surface area contributed by atoms with E-state index in [9.17, 15) is 9.59 Å². The summed E-state index contributed by atoms with van der Waals surface area (Å²) < 4.78 is 0.818. The molecule has 0 radical (unpaired) electrons. The summed E-state index contributed by atoms with van der Waals surface area (Å²) in [6.07, 6.45) is 1.56. The Morgan fingerprint density at radius 2 is 2.05 bits per heavy atom. The Bertz CT molecular complexity index is 615. The molecule has 7 heteroatoms. The summed E-state index contributed by atoms with van der Waals surface area (Å²) in [6, 6.07) is 9.07. The quantitative estimate of drug-likeness (QED) is 0.865. The molecule has 104 valence electrons. The van der Waals surface area contributed by atoms with Crippen LogP contribution in [-0.2, 0) is 9.59 Å². The summed E-state index contributed by atoms with van der Waals surface area (Å²) in [6.45, 7) is 0. The van der Waals surface area contributed by atoms with Crippen molar-refractivity contribution in [2.75, 3.05) is 5.32 Å². The lowest BCUT2D eigenvalue weighted by Crippen LogP contribution is -2.26. The minimum atomic E-state index is -0.614. The second kappa shape index (κ2) is 6.62. The van der Waals surface area contributed by atoms with E-state index in [-0.39, 0.29) is 12.3 Å². The van der Waals surface area contributed by atoms with Gasteiger partial charge in [0.1, 0.15) is 0 Å². The van der Waals surface area contributed by atoms with Crippen LogP contribution in [0.3, 0.4) is 0 Å². The third-order valence-corrected chi connectivity index (χ3v) is 4.02. The number of rotatable bonds is 5. The minimum absolute atomic E-state index is 0.0393. The van der Waals surface area contributed by atoms with Crippen LogP contribution in [-0.4, -0.2) is 16.8 Å². The highest BCUT2D eigenvalue weighted by Crippen LogP contribution is 2.26. The lowest BCUT2D eigenvalue weighted by atomic mass is 9.94. The van der Waals surface area contributed by atoms with E-state index in [2.05, 4.69) is 26.2 Å². The van der Waals surface area contributed by atoms with Crippen LogP contribution in [0.2, 0.25) is 0 Å². The molecule has 2 rings (SSSR count). The molecule has 5 nitrogen and oxygen atoms in total. The summed E-state index contributed by atoms with van der Waals surface area (Å²) in [5.74, 6) is -1.43. The molecule has 0 spiro atoms. The Hall–Kier alpha value is -1.73. The van der Waals surface area contributed by atoms with Gasteiger partial charge in [0.2, 0.25) is 11.8 Å². The number of primary amides is 1. The highest BCUT2D eigenvalue weighted by atomic mass is 79.9.